The molecule has 3 aromatic carbocycles. The number of aromatic nitrogens is 2. The SMILES string of the molecule is Cc1cc(C)c(-n2c(-c3cc(-c4ccccc4)cc[n+]3C)c(C)c3ccccc32)c(C)c1. The molecule has 0 aliphatic heterocycles. The third-order valence-corrected chi connectivity index (χ3v) is 6.49. The van der Waals surface area contributed by atoms with Gasteiger partial charge >= 0.3 is 0 Å². The fraction of sp³-hybridized carbons (Fsp3) is 0.167. The lowest BCUT2D eigenvalue weighted by atomic mass is 10.0. The molecule has 2 aromatic heterocycles. The first kappa shape index (κ1) is 20.3. The standard InChI is InChI=1S/C30H29N2/c1-20-17-21(2)29(22(3)18-20)32-27-14-10-9-13-26(27)23(4)30(32)28-19-25(15-16-31(28)5)24-11-7-6-8-12-24/h6-19H,1-5H3/q+1. The predicted octanol–water partition coefficient (Wildman–Crippen LogP) is 7.02. The lowest BCUT2D eigenvalue weighted by Gasteiger charge is -2.17. The van der Waals surface area contributed by atoms with Crippen LogP contribution in [0, 0.1) is 27.7 Å². The van der Waals surface area contributed by atoms with Crippen LogP contribution in [-0.4, -0.2) is 4.57 Å². The minimum atomic E-state index is 1.21. The zero-order valence-corrected chi connectivity index (χ0v) is 19.5. The lowest BCUT2D eigenvalue weighted by Crippen LogP contribution is -2.31. The number of hydrogen-bond donors (Lipinski definition) is 0. The Morgan fingerprint density at radius 1 is 0.688 bits per heavy atom. The summed E-state index contributed by atoms with van der Waals surface area (Å²) in [5.41, 5.74) is 12.7. The van der Waals surface area contributed by atoms with Crippen LogP contribution in [0.2, 0.25) is 0 Å². The van der Waals surface area contributed by atoms with Crippen LogP contribution >= 0.6 is 0 Å². The summed E-state index contributed by atoms with van der Waals surface area (Å²) in [6, 6.07) is 28.5. The van der Waals surface area contributed by atoms with Crippen molar-refractivity contribution in [1.29, 1.82) is 0 Å². The summed E-state index contributed by atoms with van der Waals surface area (Å²) in [5, 5.41) is 1.30. The van der Waals surface area contributed by atoms with Crippen molar-refractivity contribution in [2.24, 2.45) is 7.05 Å². The molecule has 0 atom stereocenters. The van der Waals surface area contributed by atoms with E-state index in [-0.39, 0.29) is 0 Å². The highest BCUT2D eigenvalue weighted by molar-refractivity contribution is 5.93. The Morgan fingerprint density at radius 2 is 1.34 bits per heavy atom. The number of benzene rings is 3. The summed E-state index contributed by atoms with van der Waals surface area (Å²) < 4.78 is 4.71. The van der Waals surface area contributed by atoms with E-state index in [1.54, 1.807) is 0 Å². The molecule has 0 amide bonds. The van der Waals surface area contributed by atoms with Crippen molar-refractivity contribution in [1.82, 2.24) is 4.57 Å². The largest absolute Gasteiger partial charge is 0.303 e. The van der Waals surface area contributed by atoms with Crippen molar-refractivity contribution in [2.75, 3.05) is 0 Å². The van der Waals surface area contributed by atoms with E-state index in [4.69, 9.17) is 0 Å². The average Bonchev–Trinajstić information content (AvgIpc) is 3.06. The van der Waals surface area contributed by atoms with Gasteiger partial charge in [0.15, 0.2) is 6.20 Å². The van der Waals surface area contributed by atoms with Gasteiger partial charge in [0.2, 0.25) is 5.69 Å². The summed E-state index contributed by atoms with van der Waals surface area (Å²) >= 11 is 0. The van der Waals surface area contributed by atoms with Gasteiger partial charge < -0.3 is 4.57 Å². The number of rotatable bonds is 3. The second-order valence-corrected chi connectivity index (χ2v) is 8.85. The summed E-state index contributed by atoms with van der Waals surface area (Å²) in [6.07, 6.45) is 2.17. The molecule has 5 aromatic rings. The van der Waals surface area contributed by atoms with Gasteiger partial charge in [-0.3, -0.25) is 0 Å². The Morgan fingerprint density at radius 3 is 2.06 bits per heavy atom. The third-order valence-electron chi connectivity index (χ3n) is 6.49. The molecule has 32 heavy (non-hydrogen) atoms. The second-order valence-electron chi connectivity index (χ2n) is 8.85. The van der Waals surface area contributed by atoms with Gasteiger partial charge in [-0.15, -0.1) is 0 Å². The van der Waals surface area contributed by atoms with Gasteiger partial charge in [-0.2, -0.15) is 4.57 Å². The summed E-state index contributed by atoms with van der Waals surface area (Å²) in [6.45, 7) is 8.88. The first-order valence-electron chi connectivity index (χ1n) is 11.2. The number of fused-ring (bicyclic) bond motifs is 1. The van der Waals surface area contributed by atoms with E-state index < -0.39 is 0 Å². The van der Waals surface area contributed by atoms with Crippen molar-refractivity contribution >= 4 is 10.9 Å². The molecule has 5 rings (SSSR count). The number of nitrogens with zero attached hydrogens (tertiary/aromatic N) is 2. The van der Waals surface area contributed by atoms with E-state index in [9.17, 15) is 0 Å². The van der Waals surface area contributed by atoms with Crippen LogP contribution in [-0.2, 0) is 7.05 Å². The Labute approximate surface area is 190 Å². The number of hydrogen-bond acceptors (Lipinski definition) is 0. The molecule has 0 aliphatic carbocycles. The first-order chi connectivity index (χ1) is 15.5. The predicted molar refractivity (Wildman–Crippen MR) is 134 cm³/mol. The van der Waals surface area contributed by atoms with Crippen molar-refractivity contribution in [2.45, 2.75) is 27.7 Å². The zero-order chi connectivity index (χ0) is 22.4. The molecule has 2 heteroatoms. The maximum absolute atomic E-state index is 2.47. The van der Waals surface area contributed by atoms with Crippen LogP contribution in [0.1, 0.15) is 22.3 Å². The lowest BCUT2D eigenvalue weighted by molar-refractivity contribution is -0.660. The summed E-state index contributed by atoms with van der Waals surface area (Å²) in [7, 11) is 2.14. The van der Waals surface area contributed by atoms with E-state index in [1.165, 1.54) is 61.4 Å². The monoisotopic (exact) mass is 417 g/mol. The summed E-state index contributed by atoms with van der Waals surface area (Å²) in [5.74, 6) is 0. The fourth-order valence-corrected chi connectivity index (χ4v) is 5.08. The zero-order valence-electron chi connectivity index (χ0n) is 19.5. The minimum absolute atomic E-state index is 1.21. The first-order valence-corrected chi connectivity index (χ1v) is 11.2. The molecular formula is C30H29N2+. The maximum atomic E-state index is 2.47. The number of pyridine rings is 1. The van der Waals surface area contributed by atoms with Crippen molar-refractivity contribution in [3.8, 4) is 28.2 Å². The molecule has 0 unspecified atom stereocenters. The molecule has 0 saturated heterocycles. The molecule has 0 spiro atoms. The molecule has 0 bridgehead atoms. The van der Waals surface area contributed by atoms with E-state index in [1.807, 2.05) is 0 Å². The molecule has 0 aliphatic rings. The second kappa shape index (κ2) is 7.80. The van der Waals surface area contributed by atoms with Gasteiger partial charge in [0.05, 0.1) is 11.2 Å². The summed E-state index contributed by atoms with van der Waals surface area (Å²) in [4.78, 5) is 0. The highest BCUT2D eigenvalue weighted by atomic mass is 15.0. The van der Waals surface area contributed by atoms with Crippen LogP contribution in [0.3, 0.4) is 0 Å². The Kier molecular flexibility index (Phi) is 4.94. The molecule has 2 nitrogen and oxygen atoms in total. The quantitative estimate of drug-likeness (QED) is 0.279. The van der Waals surface area contributed by atoms with Crippen LogP contribution in [0.25, 0.3) is 39.1 Å². The molecule has 0 fully saturated rings. The normalized spacial score (nSPS) is 11.3. The molecule has 0 saturated carbocycles. The van der Waals surface area contributed by atoms with Gasteiger partial charge in [-0.05, 0) is 61.6 Å². The van der Waals surface area contributed by atoms with Gasteiger partial charge in [0, 0.05) is 17.5 Å². The highest BCUT2D eigenvalue weighted by Crippen LogP contribution is 2.37. The van der Waals surface area contributed by atoms with Crippen LogP contribution < -0.4 is 4.57 Å². The van der Waals surface area contributed by atoms with Crippen molar-refractivity contribution < 1.29 is 4.57 Å². The molecule has 2 heterocycles. The topological polar surface area (TPSA) is 8.81 Å². The van der Waals surface area contributed by atoms with Crippen LogP contribution in [0.15, 0.2) is 85.1 Å². The fourth-order valence-electron chi connectivity index (χ4n) is 5.08. The molecule has 0 radical (unpaired) electrons. The van der Waals surface area contributed by atoms with Gasteiger partial charge in [-0.1, -0.05) is 66.2 Å². The van der Waals surface area contributed by atoms with E-state index in [2.05, 4.69) is 129 Å². The number of aryl methyl sites for hydroxylation is 5. The van der Waals surface area contributed by atoms with E-state index >= 15 is 0 Å². The molecule has 158 valence electrons. The van der Waals surface area contributed by atoms with Crippen molar-refractivity contribution in [3.63, 3.8) is 0 Å². The van der Waals surface area contributed by atoms with Gasteiger partial charge in [-0.25, -0.2) is 0 Å². The highest BCUT2D eigenvalue weighted by Gasteiger charge is 2.25. The van der Waals surface area contributed by atoms with Gasteiger partial charge in [0.25, 0.3) is 0 Å². The third kappa shape index (κ3) is 3.23. The Hall–Kier alpha value is -3.65. The molecular weight excluding hydrogens is 388 g/mol. The maximum Gasteiger partial charge on any atom is 0.230 e. The van der Waals surface area contributed by atoms with Gasteiger partial charge in [0.1, 0.15) is 12.7 Å². The van der Waals surface area contributed by atoms with E-state index in [0.29, 0.717) is 0 Å². The van der Waals surface area contributed by atoms with Crippen molar-refractivity contribution in [3.05, 3.63) is 107 Å². The van der Waals surface area contributed by atoms with E-state index in [0.717, 1.165) is 0 Å². The van der Waals surface area contributed by atoms with Crippen LogP contribution in [0.4, 0.5) is 0 Å². The number of para-hydroxylation sites is 1. The molecule has 0 N–H and O–H groups in total. The average molecular weight is 418 g/mol. The Balaban J connectivity index is 1.88. The van der Waals surface area contributed by atoms with Crippen LogP contribution in [0.5, 0.6) is 0 Å². The minimum Gasteiger partial charge on any atom is -0.303 e. The Bertz CT molecular complexity index is 1430. The smallest absolute Gasteiger partial charge is 0.230 e.